The molecule has 0 aliphatic carbocycles. The second-order valence-electron chi connectivity index (χ2n) is 4.42. The van der Waals surface area contributed by atoms with Gasteiger partial charge in [-0.2, -0.15) is 0 Å². The molecule has 0 N–H and O–H groups in total. The first kappa shape index (κ1) is 14.5. The van der Waals surface area contributed by atoms with Crippen molar-refractivity contribution in [3.05, 3.63) is 57.6 Å². The van der Waals surface area contributed by atoms with Crippen molar-refractivity contribution in [3.63, 3.8) is 0 Å². The lowest BCUT2D eigenvalue weighted by atomic mass is 10.2. The molecule has 19 heavy (non-hydrogen) atoms. The highest BCUT2D eigenvalue weighted by Gasteiger charge is 2.10. The van der Waals surface area contributed by atoms with Crippen molar-refractivity contribution in [2.75, 3.05) is 0 Å². The van der Waals surface area contributed by atoms with E-state index in [4.69, 9.17) is 0 Å². The molecule has 0 aliphatic heterocycles. The predicted octanol–water partition coefficient (Wildman–Crippen LogP) is 6.15. The summed E-state index contributed by atoms with van der Waals surface area (Å²) < 4.78 is 25.9. The molecule has 0 radical (unpaired) electrons. The molecule has 2 aromatic carbocycles. The molecular weight excluding hydrogens is 330 g/mol. The van der Waals surface area contributed by atoms with Gasteiger partial charge in [0.25, 0.3) is 6.43 Å². The maximum Gasteiger partial charge on any atom is 0.263 e. The minimum atomic E-state index is -2.43. The topological polar surface area (TPSA) is 0 Å². The molecule has 0 bridgehead atoms. The average Bonchev–Trinajstić information content (AvgIpc) is 2.30. The van der Waals surface area contributed by atoms with Gasteiger partial charge in [-0.25, -0.2) is 8.78 Å². The van der Waals surface area contributed by atoms with Gasteiger partial charge < -0.3 is 0 Å². The Bertz CT molecular complexity index is 576. The molecule has 0 atom stereocenters. The standard InChI is InChI=1S/C15H13BrF2S/c1-9-5-10(2)7-12(6-9)19-14-4-3-11(15(17)18)8-13(14)16/h3-8,15H,1-2H3. The first-order chi connectivity index (χ1) is 8.95. The summed E-state index contributed by atoms with van der Waals surface area (Å²) in [4.78, 5) is 2.05. The molecule has 0 amide bonds. The Labute approximate surface area is 124 Å². The summed E-state index contributed by atoms with van der Waals surface area (Å²) in [5.74, 6) is 0. The largest absolute Gasteiger partial charge is 0.263 e. The van der Waals surface area contributed by atoms with Crippen LogP contribution in [0.3, 0.4) is 0 Å². The average molecular weight is 343 g/mol. The van der Waals surface area contributed by atoms with Gasteiger partial charge in [0.2, 0.25) is 0 Å². The third-order valence-electron chi connectivity index (χ3n) is 2.63. The van der Waals surface area contributed by atoms with Crippen LogP contribution >= 0.6 is 27.7 Å². The Morgan fingerprint density at radius 1 is 1.00 bits per heavy atom. The number of alkyl halides is 2. The zero-order valence-electron chi connectivity index (χ0n) is 10.6. The fourth-order valence-corrected chi connectivity index (χ4v) is 3.53. The van der Waals surface area contributed by atoms with E-state index in [9.17, 15) is 8.78 Å². The molecule has 0 saturated carbocycles. The summed E-state index contributed by atoms with van der Waals surface area (Å²) in [5.41, 5.74) is 2.43. The molecule has 4 heteroatoms. The molecule has 0 unspecified atom stereocenters. The minimum absolute atomic E-state index is 0.0386. The SMILES string of the molecule is Cc1cc(C)cc(Sc2ccc(C(F)F)cc2Br)c1. The summed E-state index contributed by atoms with van der Waals surface area (Å²) in [6.45, 7) is 4.10. The number of benzene rings is 2. The van der Waals surface area contributed by atoms with E-state index in [1.54, 1.807) is 17.8 Å². The Balaban J connectivity index is 2.28. The van der Waals surface area contributed by atoms with Crippen molar-refractivity contribution in [1.29, 1.82) is 0 Å². The molecular formula is C15H13BrF2S. The Kier molecular flexibility index (Phi) is 4.63. The number of hydrogen-bond donors (Lipinski definition) is 0. The third-order valence-corrected chi connectivity index (χ3v) is 4.60. The van der Waals surface area contributed by atoms with E-state index < -0.39 is 6.43 Å². The summed E-state index contributed by atoms with van der Waals surface area (Å²) >= 11 is 4.93. The van der Waals surface area contributed by atoms with Crippen LogP contribution in [-0.4, -0.2) is 0 Å². The van der Waals surface area contributed by atoms with Crippen molar-refractivity contribution >= 4 is 27.7 Å². The number of aryl methyl sites for hydroxylation is 2. The molecule has 0 fully saturated rings. The van der Waals surface area contributed by atoms with Crippen LogP contribution in [0.1, 0.15) is 23.1 Å². The van der Waals surface area contributed by atoms with Crippen molar-refractivity contribution in [1.82, 2.24) is 0 Å². The highest BCUT2D eigenvalue weighted by Crippen LogP contribution is 2.36. The van der Waals surface area contributed by atoms with Crippen molar-refractivity contribution in [3.8, 4) is 0 Å². The monoisotopic (exact) mass is 342 g/mol. The van der Waals surface area contributed by atoms with Crippen LogP contribution < -0.4 is 0 Å². The number of hydrogen-bond acceptors (Lipinski definition) is 1. The summed E-state index contributed by atoms with van der Waals surface area (Å²) in [7, 11) is 0. The lowest BCUT2D eigenvalue weighted by Gasteiger charge is -2.08. The lowest BCUT2D eigenvalue weighted by Crippen LogP contribution is -1.86. The van der Waals surface area contributed by atoms with Crippen LogP contribution in [-0.2, 0) is 0 Å². The van der Waals surface area contributed by atoms with Gasteiger partial charge in [-0.1, -0.05) is 23.9 Å². The second kappa shape index (κ2) is 6.06. The molecule has 0 aromatic heterocycles. The summed E-state index contributed by atoms with van der Waals surface area (Å²) in [6.07, 6.45) is -2.43. The molecule has 2 rings (SSSR count). The fourth-order valence-electron chi connectivity index (χ4n) is 1.85. The van der Waals surface area contributed by atoms with Crippen LogP contribution in [0.5, 0.6) is 0 Å². The van der Waals surface area contributed by atoms with Gasteiger partial charge in [-0.05, 0) is 65.2 Å². The molecule has 0 nitrogen and oxygen atoms in total. The van der Waals surface area contributed by atoms with Crippen molar-refractivity contribution in [2.45, 2.75) is 30.1 Å². The molecule has 2 aromatic rings. The Hall–Kier alpha value is -0.870. The smallest absolute Gasteiger partial charge is 0.205 e. The highest BCUT2D eigenvalue weighted by molar-refractivity contribution is 9.10. The second-order valence-corrected chi connectivity index (χ2v) is 6.39. The van der Waals surface area contributed by atoms with Crippen molar-refractivity contribution in [2.24, 2.45) is 0 Å². The minimum Gasteiger partial charge on any atom is -0.205 e. The third kappa shape index (κ3) is 3.80. The van der Waals surface area contributed by atoms with Gasteiger partial charge in [0, 0.05) is 19.8 Å². The van der Waals surface area contributed by atoms with E-state index in [1.807, 2.05) is 13.8 Å². The maximum atomic E-state index is 12.6. The van der Waals surface area contributed by atoms with E-state index >= 15 is 0 Å². The van der Waals surface area contributed by atoms with Gasteiger partial charge in [-0.15, -0.1) is 0 Å². The fraction of sp³-hybridized carbons (Fsp3) is 0.200. The zero-order chi connectivity index (χ0) is 14.0. The van der Waals surface area contributed by atoms with Gasteiger partial charge in [0.1, 0.15) is 0 Å². The molecule has 0 saturated heterocycles. The maximum absolute atomic E-state index is 12.6. The Morgan fingerprint density at radius 2 is 1.63 bits per heavy atom. The Morgan fingerprint density at radius 3 is 2.16 bits per heavy atom. The van der Waals surface area contributed by atoms with E-state index in [0.717, 1.165) is 9.79 Å². The molecule has 0 spiro atoms. The number of rotatable bonds is 3. The lowest BCUT2D eigenvalue weighted by molar-refractivity contribution is 0.151. The van der Waals surface area contributed by atoms with E-state index in [1.165, 1.54) is 23.3 Å². The van der Waals surface area contributed by atoms with Gasteiger partial charge >= 0.3 is 0 Å². The van der Waals surface area contributed by atoms with Gasteiger partial charge in [0.05, 0.1) is 0 Å². The first-order valence-electron chi connectivity index (χ1n) is 5.79. The van der Waals surface area contributed by atoms with E-state index in [-0.39, 0.29) is 5.56 Å². The molecule has 0 aliphatic rings. The van der Waals surface area contributed by atoms with Gasteiger partial charge in [0.15, 0.2) is 0 Å². The van der Waals surface area contributed by atoms with Crippen molar-refractivity contribution < 1.29 is 8.78 Å². The highest BCUT2D eigenvalue weighted by atomic mass is 79.9. The predicted molar refractivity (Wildman–Crippen MR) is 79.1 cm³/mol. The first-order valence-corrected chi connectivity index (χ1v) is 7.40. The van der Waals surface area contributed by atoms with E-state index in [2.05, 4.69) is 34.1 Å². The van der Waals surface area contributed by atoms with Crippen LogP contribution in [0, 0.1) is 13.8 Å². The van der Waals surface area contributed by atoms with Crippen LogP contribution in [0.15, 0.2) is 50.7 Å². The quantitative estimate of drug-likeness (QED) is 0.644. The normalized spacial score (nSPS) is 11.1. The van der Waals surface area contributed by atoms with Crippen LogP contribution in [0.25, 0.3) is 0 Å². The van der Waals surface area contributed by atoms with E-state index in [0.29, 0.717) is 4.47 Å². The summed E-state index contributed by atoms with van der Waals surface area (Å²) in [6, 6.07) is 11.0. The molecule has 0 heterocycles. The van der Waals surface area contributed by atoms with Crippen LogP contribution in [0.2, 0.25) is 0 Å². The number of halogens is 3. The summed E-state index contributed by atoms with van der Waals surface area (Å²) in [5, 5.41) is 0. The van der Waals surface area contributed by atoms with Crippen LogP contribution in [0.4, 0.5) is 8.78 Å². The van der Waals surface area contributed by atoms with Gasteiger partial charge in [-0.3, -0.25) is 0 Å². The zero-order valence-corrected chi connectivity index (χ0v) is 13.0. The molecule has 100 valence electrons.